The summed E-state index contributed by atoms with van der Waals surface area (Å²) >= 11 is 0. The van der Waals surface area contributed by atoms with Gasteiger partial charge in [0.15, 0.2) is 0 Å². The first-order valence-corrected chi connectivity index (χ1v) is 4.73. The molecule has 0 amide bonds. The highest BCUT2D eigenvalue weighted by Gasteiger charge is 2.18. The van der Waals surface area contributed by atoms with Crippen molar-refractivity contribution in [1.29, 1.82) is 0 Å². The van der Waals surface area contributed by atoms with Crippen LogP contribution in [0.4, 0.5) is 17.1 Å². The molecular weight excluding hydrogens is 224 g/mol. The van der Waals surface area contributed by atoms with Gasteiger partial charge in [-0.05, 0) is 18.2 Å². The van der Waals surface area contributed by atoms with Gasteiger partial charge in [0.1, 0.15) is 10.7 Å². The summed E-state index contributed by atoms with van der Waals surface area (Å²) in [5, 5.41) is 0. The molecule has 0 radical (unpaired) electrons. The fraction of sp³-hybridized carbons (Fsp3) is 0.143. The number of rotatable bonds is 2. The van der Waals surface area contributed by atoms with E-state index in [1.807, 2.05) is 0 Å². The Labute approximate surface area is 77.4 Å². The van der Waals surface area contributed by atoms with Crippen LogP contribution in [0.5, 0.6) is 0 Å². The zero-order chi connectivity index (χ0) is 10.9. The van der Waals surface area contributed by atoms with Crippen molar-refractivity contribution in [3.05, 3.63) is 29.6 Å². The van der Waals surface area contributed by atoms with Gasteiger partial charge in [-0.15, -0.1) is 3.89 Å². The van der Waals surface area contributed by atoms with Crippen LogP contribution in [-0.4, -0.2) is 8.42 Å². The van der Waals surface area contributed by atoms with Gasteiger partial charge in [-0.2, -0.15) is 8.42 Å². The molecule has 0 aliphatic rings. The molecule has 78 valence electrons. The minimum atomic E-state index is -5.05. The van der Waals surface area contributed by atoms with Crippen molar-refractivity contribution in [3.63, 3.8) is 0 Å². The maximum atomic E-state index is 12.7. The first-order chi connectivity index (χ1) is 6.32. The molecule has 0 fully saturated rings. The van der Waals surface area contributed by atoms with Crippen LogP contribution in [0.1, 0.15) is 12.0 Å². The summed E-state index contributed by atoms with van der Waals surface area (Å²) < 4.78 is 69.4. The molecule has 0 spiro atoms. The van der Waals surface area contributed by atoms with Gasteiger partial charge in [0, 0.05) is 0 Å². The fourth-order valence-corrected chi connectivity index (χ4v) is 1.31. The monoisotopic (exact) mass is 228 g/mol. The SMILES string of the molecule is O=S(=O)(F)c1ccc(C(F)F)c(F)c1. The Balaban J connectivity index is 3.27. The third-order valence-electron chi connectivity index (χ3n) is 1.49. The van der Waals surface area contributed by atoms with Crippen LogP contribution in [0.3, 0.4) is 0 Å². The molecule has 1 aromatic rings. The highest BCUT2D eigenvalue weighted by molar-refractivity contribution is 7.86. The molecule has 0 atom stereocenters. The van der Waals surface area contributed by atoms with Gasteiger partial charge in [0.05, 0.1) is 5.56 Å². The number of halogens is 4. The minimum absolute atomic E-state index is 0.219. The number of hydrogen-bond donors (Lipinski definition) is 0. The van der Waals surface area contributed by atoms with Gasteiger partial charge in [0.25, 0.3) is 6.43 Å². The second kappa shape index (κ2) is 3.56. The second-order valence-corrected chi connectivity index (χ2v) is 3.77. The topological polar surface area (TPSA) is 34.1 Å². The second-order valence-electron chi connectivity index (χ2n) is 2.42. The number of alkyl halides is 2. The van der Waals surface area contributed by atoms with Crippen molar-refractivity contribution in [3.8, 4) is 0 Å². The van der Waals surface area contributed by atoms with Gasteiger partial charge < -0.3 is 0 Å². The average Bonchev–Trinajstić information content (AvgIpc) is 2.01. The lowest BCUT2D eigenvalue weighted by Crippen LogP contribution is -1.96. The molecule has 7 heteroatoms. The largest absolute Gasteiger partial charge is 0.332 e. The predicted molar refractivity (Wildman–Crippen MR) is 39.7 cm³/mol. The standard InChI is InChI=1S/C7H4F4O2S/c8-6-3-4(14(11,12)13)1-2-5(6)7(9)10/h1-3,7H. The van der Waals surface area contributed by atoms with E-state index in [9.17, 15) is 25.5 Å². The Morgan fingerprint density at radius 2 is 1.79 bits per heavy atom. The molecule has 1 rings (SSSR count). The lowest BCUT2D eigenvalue weighted by atomic mass is 10.2. The molecule has 0 saturated heterocycles. The van der Waals surface area contributed by atoms with E-state index < -0.39 is 32.9 Å². The lowest BCUT2D eigenvalue weighted by Gasteiger charge is -2.02. The summed E-state index contributed by atoms with van der Waals surface area (Å²) in [5.74, 6) is -1.45. The normalized spacial score (nSPS) is 12.1. The Hall–Kier alpha value is -1.11. The van der Waals surface area contributed by atoms with Gasteiger partial charge in [-0.25, -0.2) is 13.2 Å². The van der Waals surface area contributed by atoms with E-state index >= 15 is 0 Å². The van der Waals surface area contributed by atoms with E-state index in [1.54, 1.807) is 0 Å². The van der Waals surface area contributed by atoms with E-state index in [-0.39, 0.29) is 6.07 Å². The first kappa shape index (κ1) is 11.0. The van der Waals surface area contributed by atoms with Crippen LogP contribution in [0.15, 0.2) is 23.1 Å². The molecule has 0 aliphatic heterocycles. The average molecular weight is 228 g/mol. The molecule has 0 saturated carbocycles. The van der Waals surface area contributed by atoms with Crippen LogP contribution >= 0.6 is 0 Å². The van der Waals surface area contributed by atoms with Crippen LogP contribution in [0.25, 0.3) is 0 Å². The Morgan fingerprint density at radius 3 is 2.14 bits per heavy atom. The van der Waals surface area contributed by atoms with E-state index in [1.165, 1.54) is 0 Å². The molecule has 2 nitrogen and oxygen atoms in total. The molecule has 0 heterocycles. The van der Waals surface area contributed by atoms with Crippen molar-refractivity contribution in [2.45, 2.75) is 11.3 Å². The minimum Gasteiger partial charge on any atom is -0.206 e. The Kier molecular flexibility index (Phi) is 2.79. The third kappa shape index (κ3) is 2.22. The smallest absolute Gasteiger partial charge is 0.206 e. The zero-order valence-electron chi connectivity index (χ0n) is 6.55. The van der Waals surface area contributed by atoms with Crippen molar-refractivity contribution in [1.82, 2.24) is 0 Å². The number of hydrogen-bond acceptors (Lipinski definition) is 2. The summed E-state index contributed by atoms with van der Waals surface area (Å²) in [4.78, 5) is -0.973. The van der Waals surface area contributed by atoms with Crippen LogP contribution in [-0.2, 0) is 10.2 Å². The van der Waals surface area contributed by atoms with Gasteiger partial charge in [-0.3, -0.25) is 0 Å². The van der Waals surface area contributed by atoms with Crippen LogP contribution in [0.2, 0.25) is 0 Å². The lowest BCUT2D eigenvalue weighted by molar-refractivity contribution is 0.146. The summed E-state index contributed by atoms with van der Waals surface area (Å²) in [5.41, 5.74) is -0.961. The fourth-order valence-electron chi connectivity index (χ4n) is 0.836. The van der Waals surface area contributed by atoms with E-state index in [4.69, 9.17) is 0 Å². The predicted octanol–water partition coefficient (Wildman–Crippen LogP) is 2.42. The van der Waals surface area contributed by atoms with Gasteiger partial charge in [-0.1, -0.05) is 0 Å². The Morgan fingerprint density at radius 1 is 1.21 bits per heavy atom. The first-order valence-electron chi connectivity index (χ1n) is 3.34. The summed E-state index contributed by atoms with van der Waals surface area (Å²) in [6.07, 6.45) is -3.06. The van der Waals surface area contributed by atoms with Crippen molar-refractivity contribution in [2.75, 3.05) is 0 Å². The molecule has 0 unspecified atom stereocenters. The maximum Gasteiger partial charge on any atom is 0.332 e. The van der Waals surface area contributed by atoms with E-state index in [0.717, 1.165) is 0 Å². The Bertz CT molecular complexity index is 441. The number of benzene rings is 1. The highest BCUT2D eigenvalue weighted by Crippen LogP contribution is 2.24. The molecule has 1 aromatic carbocycles. The molecule has 0 N–H and O–H groups in total. The maximum absolute atomic E-state index is 12.7. The van der Waals surface area contributed by atoms with Gasteiger partial charge >= 0.3 is 10.2 Å². The van der Waals surface area contributed by atoms with Crippen LogP contribution in [0, 0.1) is 5.82 Å². The van der Waals surface area contributed by atoms with Crippen molar-refractivity contribution < 1.29 is 25.5 Å². The zero-order valence-corrected chi connectivity index (χ0v) is 7.36. The van der Waals surface area contributed by atoms with Crippen molar-refractivity contribution >= 4 is 10.2 Å². The summed E-state index contributed by atoms with van der Waals surface area (Å²) in [6, 6.07) is 1.34. The molecule has 0 aliphatic carbocycles. The summed E-state index contributed by atoms with van der Waals surface area (Å²) in [7, 11) is -5.05. The van der Waals surface area contributed by atoms with Crippen molar-refractivity contribution in [2.24, 2.45) is 0 Å². The summed E-state index contributed by atoms with van der Waals surface area (Å²) in [6.45, 7) is 0. The van der Waals surface area contributed by atoms with Crippen LogP contribution < -0.4 is 0 Å². The van der Waals surface area contributed by atoms with E-state index in [0.29, 0.717) is 12.1 Å². The van der Waals surface area contributed by atoms with E-state index in [2.05, 4.69) is 0 Å². The molecular formula is C7H4F4O2S. The molecule has 14 heavy (non-hydrogen) atoms. The molecule has 0 aromatic heterocycles. The highest BCUT2D eigenvalue weighted by atomic mass is 32.3. The third-order valence-corrected chi connectivity index (χ3v) is 2.31. The quantitative estimate of drug-likeness (QED) is 0.575. The molecule has 0 bridgehead atoms. The van der Waals surface area contributed by atoms with Gasteiger partial charge in [0.2, 0.25) is 0 Å².